The Morgan fingerprint density at radius 2 is 2.30 bits per heavy atom. The number of hydrogen-bond donors (Lipinski definition) is 3. The molecule has 7 heteroatoms. The summed E-state index contributed by atoms with van der Waals surface area (Å²) in [6.45, 7) is 0.144. The number of amides is 2. The first-order chi connectivity index (χ1) is 11.1. The van der Waals surface area contributed by atoms with Crippen LogP contribution in [0.2, 0.25) is 0 Å². The van der Waals surface area contributed by atoms with E-state index in [0.29, 0.717) is 23.5 Å². The van der Waals surface area contributed by atoms with Crippen molar-refractivity contribution in [3.05, 3.63) is 42.4 Å². The first kappa shape index (κ1) is 15.9. The van der Waals surface area contributed by atoms with Gasteiger partial charge in [0, 0.05) is 17.9 Å². The van der Waals surface area contributed by atoms with Crippen LogP contribution in [0, 0.1) is 5.82 Å². The first-order valence-electron chi connectivity index (χ1n) is 7.24. The molecule has 1 aliphatic heterocycles. The van der Waals surface area contributed by atoms with E-state index in [1.807, 2.05) is 0 Å². The minimum absolute atomic E-state index is 0.0594. The maximum absolute atomic E-state index is 13.9. The topological polar surface area (TPSA) is 74.5 Å². The van der Waals surface area contributed by atoms with Crippen molar-refractivity contribution in [1.29, 1.82) is 0 Å². The van der Waals surface area contributed by atoms with Crippen LogP contribution < -0.4 is 10.6 Å². The molecule has 3 N–H and O–H groups in total. The molecule has 1 aromatic carbocycles. The number of rotatable bonds is 4. The summed E-state index contributed by atoms with van der Waals surface area (Å²) >= 11 is 1.65. The van der Waals surface area contributed by atoms with E-state index in [1.54, 1.807) is 30.0 Å². The van der Waals surface area contributed by atoms with E-state index in [1.165, 1.54) is 18.4 Å². The highest BCUT2D eigenvalue weighted by atomic mass is 32.2. The second kappa shape index (κ2) is 6.64. The summed E-state index contributed by atoms with van der Waals surface area (Å²) < 4.78 is 19.1. The number of aliphatic hydroxyl groups is 1. The largest absolute Gasteiger partial charge is 0.464 e. The number of nitrogens with one attached hydrogen (secondary N) is 2. The minimum Gasteiger partial charge on any atom is -0.464 e. The van der Waals surface area contributed by atoms with Crippen LogP contribution >= 0.6 is 11.8 Å². The van der Waals surface area contributed by atoms with Crippen LogP contribution in [0.1, 0.15) is 6.42 Å². The van der Waals surface area contributed by atoms with Crippen molar-refractivity contribution in [2.45, 2.75) is 12.0 Å². The second-order valence-corrected chi connectivity index (χ2v) is 6.61. The zero-order chi connectivity index (χ0) is 16.3. The molecular formula is C16H17FN2O3S. The fraction of sp³-hybridized carbons (Fsp3) is 0.312. The quantitative estimate of drug-likeness (QED) is 0.802. The molecule has 1 aliphatic rings. The van der Waals surface area contributed by atoms with Crippen molar-refractivity contribution in [3.8, 4) is 11.3 Å². The first-order valence-corrected chi connectivity index (χ1v) is 8.40. The van der Waals surface area contributed by atoms with Crippen LogP contribution in [-0.4, -0.2) is 34.8 Å². The molecule has 0 saturated carbocycles. The number of halogens is 1. The van der Waals surface area contributed by atoms with E-state index < -0.39 is 17.4 Å². The molecule has 0 unspecified atom stereocenters. The van der Waals surface area contributed by atoms with E-state index in [0.717, 1.165) is 5.75 Å². The summed E-state index contributed by atoms with van der Waals surface area (Å²) in [4.78, 5) is 11.9. The summed E-state index contributed by atoms with van der Waals surface area (Å²) in [5.41, 5.74) is -0.155. The SMILES string of the molecule is O=C(NC[C@@]1(O)CCSC1)Nc1cc(-c2ccco2)ccc1F. The van der Waals surface area contributed by atoms with E-state index in [9.17, 15) is 14.3 Å². The van der Waals surface area contributed by atoms with Crippen LogP contribution in [0.3, 0.4) is 0 Å². The number of carbonyl (C=O) groups excluding carboxylic acids is 1. The van der Waals surface area contributed by atoms with Crippen molar-refractivity contribution in [2.24, 2.45) is 0 Å². The minimum atomic E-state index is -0.878. The molecular weight excluding hydrogens is 319 g/mol. The van der Waals surface area contributed by atoms with Gasteiger partial charge in [0.05, 0.1) is 17.6 Å². The number of furan rings is 1. The van der Waals surface area contributed by atoms with E-state index >= 15 is 0 Å². The molecule has 122 valence electrons. The Balaban J connectivity index is 1.65. The van der Waals surface area contributed by atoms with Crippen LogP contribution in [0.25, 0.3) is 11.3 Å². The van der Waals surface area contributed by atoms with Crippen LogP contribution in [0.4, 0.5) is 14.9 Å². The van der Waals surface area contributed by atoms with Crippen molar-refractivity contribution >= 4 is 23.5 Å². The summed E-state index contributed by atoms with van der Waals surface area (Å²) in [6.07, 6.45) is 2.17. The molecule has 0 radical (unpaired) electrons. The molecule has 0 aliphatic carbocycles. The predicted molar refractivity (Wildman–Crippen MR) is 88.0 cm³/mol. The predicted octanol–water partition coefficient (Wildman–Crippen LogP) is 3.08. The van der Waals surface area contributed by atoms with E-state index in [2.05, 4.69) is 10.6 Å². The number of thioether (sulfide) groups is 1. The molecule has 1 atom stereocenters. The molecule has 5 nitrogen and oxygen atoms in total. The van der Waals surface area contributed by atoms with E-state index in [4.69, 9.17) is 4.42 Å². The normalized spacial score (nSPS) is 20.4. The summed E-state index contributed by atoms with van der Waals surface area (Å²) in [5.74, 6) is 1.52. The van der Waals surface area contributed by atoms with Crippen molar-refractivity contribution in [3.63, 3.8) is 0 Å². The molecule has 1 fully saturated rings. The maximum atomic E-state index is 13.9. The lowest BCUT2D eigenvalue weighted by Gasteiger charge is -2.21. The number of hydrogen-bond acceptors (Lipinski definition) is 4. The van der Waals surface area contributed by atoms with Crippen molar-refractivity contribution in [2.75, 3.05) is 23.4 Å². The maximum Gasteiger partial charge on any atom is 0.319 e. The van der Waals surface area contributed by atoms with Gasteiger partial charge in [-0.1, -0.05) is 0 Å². The highest BCUT2D eigenvalue weighted by Crippen LogP contribution is 2.27. The van der Waals surface area contributed by atoms with Gasteiger partial charge in [0.1, 0.15) is 11.6 Å². The molecule has 1 saturated heterocycles. The Morgan fingerprint density at radius 3 is 3.00 bits per heavy atom. The zero-order valence-electron chi connectivity index (χ0n) is 12.3. The second-order valence-electron chi connectivity index (χ2n) is 5.51. The standard InChI is InChI=1S/C16H17FN2O3S/c17-12-4-3-11(14-2-1-6-22-14)8-13(12)19-15(20)18-9-16(21)5-7-23-10-16/h1-4,6,8,21H,5,7,9-10H2,(H2,18,19,20)/t16-/m0/s1. The third-order valence-corrected chi connectivity index (χ3v) is 4.92. The van der Waals surface area contributed by atoms with Gasteiger partial charge in [0.15, 0.2) is 0 Å². The highest BCUT2D eigenvalue weighted by Gasteiger charge is 2.32. The molecule has 0 bridgehead atoms. The molecule has 23 heavy (non-hydrogen) atoms. The summed E-state index contributed by atoms with van der Waals surface area (Å²) in [6, 6.07) is 7.30. The fourth-order valence-electron chi connectivity index (χ4n) is 2.36. The average molecular weight is 336 g/mol. The fourth-order valence-corrected chi connectivity index (χ4v) is 3.66. The molecule has 3 rings (SSSR count). The lowest BCUT2D eigenvalue weighted by molar-refractivity contribution is 0.0706. The molecule has 0 spiro atoms. The molecule has 2 amide bonds. The lowest BCUT2D eigenvalue weighted by atomic mass is 10.0. The van der Waals surface area contributed by atoms with Gasteiger partial charge in [-0.05, 0) is 42.5 Å². The number of carbonyl (C=O) groups is 1. The van der Waals surface area contributed by atoms with Crippen molar-refractivity contribution < 1.29 is 18.7 Å². The third kappa shape index (κ3) is 3.86. The Kier molecular flexibility index (Phi) is 4.58. The molecule has 2 aromatic rings. The van der Waals surface area contributed by atoms with Gasteiger partial charge < -0.3 is 20.2 Å². The third-order valence-electron chi connectivity index (χ3n) is 3.68. The number of anilines is 1. The van der Waals surface area contributed by atoms with Gasteiger partial charge in [0.25, 0.3) is 0 Å². The summed E-state index contributed by atoms with van der Waals surface area (Å²) in [7, 11) is 0. The lowest BCUT2D eigenvalue weighted by Crippen LogP contribution is -2.44. The highest BCUT2D eigenvalue weighted by molar-refractivity contribution is 7.99. The van der Waals surface area contributed by atoms with Crippen LogP contribution in [0.15, 0.2) is 41.0 Å². The van der Waals surface area contributed by atoms with Crippen LogP contribution in [-0.2, 0) is 0 Å². The Labute approximate surface area is 137 Å². The van der Waals surface area contributed by atoms with Gasteiger partial charge in [-0.15, -0.1) is 0 Å². The molecule has 2 heterocycles. The van der Waals surface area contributed by atoms with E-state index in [-0.39, 0.29) is 12.2 Å². The average Bonchev–Trinajstić information content (AvgIpc) is 3.20. The van der Waals surface area contributed by atoms with Gasteiger partial charge in [-0.2, -0.15) is 11.8 Å². The number of urea groups is 1. The smallest absolute Gasteiger partial charge is 0.319 e. The molecule has 1 aromatic heterocycles. The monoisotopic (exact) mass is 336 g/mol. The Bertz CT molecular complexity index is 685. The van der Waals surface area contributed by atoms with Gasteiger partial charge in [-0.25, -0.2) is 9.18 Å². The van der Waals surface area contributed by atoms with Gasteiger partial charge >= 0.3 is 6.03 Å². The van der Waals surface area contributed by atoms with Crippen molar-refractivity contribution in [1.82, 2.24) is 5.32 Å². The Hall–Kier alpha value is -1.99. The van der Waals surface area contributed by atoms with Gasteiger partial charge in [-0.3, -0.25) is 0 Å². The summed E-state index contributed by atoms with van der Waals surface area (Å²) in [5, 5.41) is 15.2. The van der Waals surface area contributed by atoms with Crippen LogP contribution in [0.5, 0.6) is 0 Å². The zero-order valence-corrected chi connectivity index (χ0v) is 13.2. The number of benzene rings is 1. The van der Waals surface area contributed by atoms with Gasteiger partial charge in [0.2, 0.25) is 0 Å². The Morgan fingerprint density at radius 1 is 1.43 bits per heavy atom.